The summed E-state index contributed by atoms with van der Waals surface area (Å²) in [5.74, 6) is -0.570. The Labute approximate surface area is 237 Å². The number of alkyl halides is 1. The molecule has 0 aliphatic carbocycles. The van der Waals surface area contributed by atoms with Gasteiger partial charge < -0.3 is 4.90 Å². The van der Waals surface area contributed by atoms with Gasteiger partial charge >= 0.3 is 0 Å². The van der Waals surface area contributed by atoms with Crippen molar-refractivity contribution in [3.8, 4) is 0 Å². The van der Waals surface area contributed by atoms with E-state index in [9.17, 15) is 13.6 Å². The predicted octanol–water partition coefficient (Wildman–Crippen LogP) is 6.23. The maximum atomic E-state index is 15.6. The highest BCUT2D eigenvalue weighted by atomic mass is 19.1. The average Bonchev–Trinajstić information content (AvgIpc) is 3.23. The largest absolute Gasteiger partial charge is 0.300 e. The maximum Gasteiger partial charge on any atom is 0.265 e. The number of halogens is 3. The lowest BCUT2D eigenvalue weighted by Gasteiger charge is -2.34. The first-order valence-corrected chi connectivity index (χ1v) is 14.0. The van der Waals surface area contributed by atoms with Gasteiger partial charge in [-0.1, -0.05) is 42.5 Å². The van der Waals surface area contributed by atoms with E-state index in [-0.39, 0.29) is 13.1 Å². The van der Waals surface area contributed by atoms with Gasteiger partial charge in [-0.3, -0.25) is 14.7 Å². The second kappa shape index (κ2) is 11.1. The van der Waals surface area contributed by atoms with Gasteiger partial charge in [-0.25, -0.2) is 18.2 Å². The number of pyridine rings is 1. The standard InChI is InChI=1S/C33H31F3N4O/c1-22-38-33(24-6-10-26(34)11-7-24,25-8-12-27(35)13-9-25)32(41)40(22)21-28(36)20-39-18-15-23(16-19-39)29-14-17-37-31-5-3-2-4-30(29)31/h2-14,17,23,28H,15-16,18-21H2,1H3. The molecule has 1 unspecified atom stereocenters. The van der Waals surface area contributed by atoms with Crippen molar-refractivity contribution in [3.63, 3.8) is 0 Å². The third-order valence-corrected chi connectivity index (χ3v) is 8.35. The van der Waals surface area contributed by atoms with Gasteiger partial charge in [0.2, 0.25) is 0 Å². The molecule has 0 spiro atoms. The zero-order valence-electron chi connectivity index (χ0n) is 22.8. The molecule has 0 bridgehead atoms. The fourth-order valence-corrected chi connectivity index (χ4v) is 6.27. The van der Waals surface area contributed by atoms with Crippen LogP contribution < -0.4 is 0 Å². The topological polar surface area (TPSA) is 48.8 Å². The Hall–Kier alpha value is -4.04. The van der Waals surface area contributed by atoms with Crippen molar-refractivity contribution >= 4 is 22.6 Å². The van der Waals surface area contributed by atoms with Gasteiger partial charge in [0.15, 0.2) is 5.54 Å². The summed E-state index contributed by atoms with van der Waals surface area (Å²) in [5.41, 5.74) is 1.63. The molecule has 1 saturated heterocycles. The number of piperidine rings is 1. The summed E-state index contributed by atoms with van der Waals surface area (Å²) >= 11 is 0. The van der Waals surface area contributed by atoms with Crippen LogP contribution in [0.5, 0.6) is 0 Å². The molecule has 41 heavy (non-hydrogen) atoms. The number of amides is 1. The Balaban J connectivity index is 1.15. The van der Waals surface area contributed by atoms with Crippen LogP contribution in [0.1, 0.15) is 42.4 Å². The summed E-state index contributed by atoms with van der Waals surface area (Å²) in [5, 5.41) is 1.17. The first kappa shape index (κ1) is 27.1. The SMILES string of the molecule is CC1=NC(c2ccc(F)cc2)(c2ccc(F)cc2)C(=O)N1CC(F)CN1CCC(c2ccnc3ccccc23)CC1. The molecule has 6 rings (SSSR count). The van der Waals surface area contributed by atoms with E-state index in [4.69, 9.17) is 4.99 Å². The van der Waals surface area contributed by atoms with Crippen LogP contribution in [0.4, 0.5) is 13.2 Å². The molecule has 0 radical (unpaired) electrons. The van der Waals surface area contributed by atoms with E-state index >= 15 is 4.39 Å². The van der Waals surface area contributed by atoms with E-state index in [1.807, 2.05) is 24.4 Å². The summed E-state index contributed by atoms with van der Waals surface area (Å²) in [6.45, 7) is 3.26. The molecule has 0 saturated carbocycles. The Kier molecular flexibility index (Phi) is 7.34. The molecule has 2 aliphatic rings. The summed E-state index contributed by atoms with van der Waals surface area (Å²) in [7, 11) is 0. The van der Waals surface area contributed by atoms with E-state index < -0.39 is 29.3 Å². The number of carbonyl (C=O) groups excluding carboxylic acids is 1. The number of carbonyl (C=O) groups is 1. The number of hydrogen-bond acceptors (Lipinski definition) is 4. The number of hydrogen-bond donors (Lipinski definition) is 0. The summed E-state index contributed by atoms with van der Waals surface area (Å²) in [4.78, 5) is 26.7. The Morgan fingerprint density at radius 2 is 1.49 bits per heavy atom. The lowest BCUT2D eigenvalue weighted by molar-refractivity contribution is -0.130. The summed E-state index contributed by atoms with van der Waals surface area (Å²) in [6, 6.07) is 21.3. The van der Waals surface area contributed by atoms with Gasteiger partial charge in [0, 0.05) is 18.1 Å². The molecule has 8 heteroatoms. The second-order valence-electron chi connectivity index (χ2n) is 10.9. The third-order valence-electron chi connectivity index (χ3n) is 8.35. The minimum Gasteiger partial charge on any atom is -0.300 e. The molecule has 0 N–H and O–H groups in total. The molecule has 1 aromatic heterocycles. The maximum absolute atomic E-state index is 15.6. The van der Waals surface area contributed by atoms with Gasteiger partial charge in [0.05, 0.1) is 12.1 Å². The average molecular weight is 557 g/mol. The fourth-order valence-electron chi connectivity index (χ4n) is 6.27. The smallest absolute Gasteiger partial charge is 0.265 e. The Morgan fingerprint density at radius 1 is 0.878 bits per heavy atom. The number of nitrogens with zero attached hydrogens (tertiary/aromatic N) is 4. The number of likely N-dealkylation sites (tertiary alicyclic amines) is 1. The van der Waals surface area contributed by atoms with Crippen molar-refractivity contribution in [2.45, 2.75) is 37.4 Å². The number of benzene rings is 3. The van der Waals surface area contributed by atoms with Gasteiger partial charge in [-0.15, -0.1) is 0 Å². The molecular weight excluding hydrogens is 525 g/mol. The van der Waals surface area contributed by atoms with Crippen molar-refractivity contribution < 1.29 is 18.0 Å². The zero-order chi connectivity index (χ0) is 28.6. The van der Waals surface area contributed by atoms with E-state index in [1.54, 1.807) is 6.92 Å². The highest BCUT2D eigenvalue weighted by Crippen LogP contribution is 2.40. The van der Waals surface area contributed by atoms with Crippen molar-refractivity contribution in [3.05, 3.63) is 113 Å². The van der Waals surface area contributed by atoms with Crippen molar-refractivity contribution in [1.82, 2.24) is 14.8 Å². The quantitative estimate of drug-likeness (QED) is 0.271. The number of para-hydroxylation sites is 1. The van der Waals surface area contributed by atoms with Gasteiger partial charge in [-0.2, -0.15) is 0 Å². The van der Waals surface area contributed by atoms with E-state index in [1.165, 1.54) is 64.4 Å². The first-order chi connectivity index (χ1) is 19.8. The van der Waals surface area contributed by atoms with Crippen molar-refractivity contribution in [1.29, 1.82) is 0 Å². The predicted molar refractivity (Wildman–Crippen MR) is 153 cm³/mol. The van der Waals surface area contributed by atoms with Crippen LogP contribution in [0.3, 0.4) is 0 Å². The number of aromatic nitrogens is 1. The number of amidine groups is 1. The second-order valence-corrected chi connectivity index (χ2v) is 10.9. The van der Waals surface area contributed by atoms with Gasteiger partial charge in [0.25, 0.3) is 5.91 Å². The molecular formula is C33H31F3N4O. The first-order valence-electron chi connectivity index (χ1n) is 14.0. The van der Waals surface area contributed by atoms with Crippen LogP contribution in [0.15, 0.2) is 90.1 Å². The van der Waals surface area contributed by atoms with Crippen molar-refractivity contribution in [2.75, 3.05) is 26.2 Å². The fraction of sp³-hybridized carbons (Fsp3) is 0.303. The summed E-state index contributed by atoms with van der Waals surface area (Å²) in [6.07, 6.45) is 2.40. The minimum atomic E-state index is -1.53. The molecule has 3 aromatic carbocycles. The number of aliphatic imine (C=N–C) groups is 1. The van der Waals surface area contributed by atoms with Crippen LogP contribution in [-0.4, -0.2) is 58.9 Å². The van der Waals surface area contributed by atoms with E-state index in [0.29, 0.717) is 22.9 Å². The number of fused-ring (bicyclic) bond motifs is 1. The minimum absolute atomic E-state index is 0.146. The normalized spacial score (nSPS) is 18.6. The molecule has 2 aliphatic heterocycles. The lowest BCUT2D eigenvalue weighted by Crippen LogP contribution is -2.46. The molecule has 5 nitrogen and oxygen atoms in total. The molecule has 1 fully saturated rings. The van der Waals surface area contributed by atoms with Crippen LogP contribution in [-0.2, 0) is 10.3 Å². The Bertz CT molecular complexity index is 1530. The number of rotatable bonds is 7. The van der Waals surface area contributed by atoms with Crippen LogP contribution in [0.25, 0.3) is 10.9 Å². The highest BCUT2D eigenvalue weighted by Gasteiger charge is 2.50. The van der Waals surface area contributed by atoms with Gasteiger partial charge in [-0.05, 0) is 91.9 Å². The zero-order valence-corrected chi connectivity index (χ0v) is 22.8. The van der Waals surface area contributed by atoms with Gasteiger partial charge in [0.1, 0.15) is 23.6 Å². The van der Waals surface area contributed by atoms with Crippen molar-refractivity contribution in [2.24, 2.45) is 4.99 Å². The van der Waals surface area contributed by atoms with E-state index in [2.05, 4.69) is 22.0 Å². The monoisotopic (exact) mass is 556 g/mol. The van der Waals surface area contributed by atoms with E-state index in [0.717, 1.165) is 31.4 Å². The molecule has 3 heterocycles. The molecule has 210 valence electrons. The van der Waals surface area contributed by atoms with Crippen LogP contribution in [0.2, 0.25) is 0 Å². The third kappa shape index (κ3) is 5.12. The highest BCUT2D eigenvalue weighted by molar-refractivity contribution is 6.09. The molecule has 1 atom stereocenters. The summed E-state index contributed by atoms with van der Waals surface area (Å²) < 4.78 is 43.1. The Morgan fingerprint density at radius 3 is 2.12 bits per heavy atom. The van der Waals surface area contributed by atoms with Crippen LogP contribution in [0, 0.1) is 11.6 Å². The molecule has 1 amide bonds. The van der Waals surface area contributed by atoms with Crippen LogP contribution >= 0.6 is 0 Å². The molecule has 4 aromatic rings. The lowest BCUT2D eigenvalue weighted by atomic mass is 9.82.